The predicted molar refractivity (Wildman–Crippen MR) is 98.9 cm³/mol. The number of benzene rings is 2. The summed E-state index contributed by atoms with van der Waals surface area (Å²) in [5.74, 6) is 0. The average Bonchev–Trinajstić information content (AvgIpc) is 2.73. The van der Waals surface area contributed by atoms with E-state index in [0.29, 0.717) is 0 Å². The van der Waals surface area contributed by atoms with E-state index in [0.717, 1.165) is 0 Å². The molecule has 11 heteroatoms. The van der Waals surface area contributed by atoms with E-state index >= 15 is 0 Å². The van der Waals surface area contributed by atoms with Crippen LogP contribution in [0.15, 0.2) is 48.5 Å². The Morgan fingerprint density at radius 1 is 0.724 bits per heavy atom. The molecule has 2 aromatic rings. The lowest BCUT2D eigenvalue weighted by Gasteiger charge is -2.30. The van der Waals surface area contributed by atoms with Crippen LogP contribution in [0.2, 0.25) is 0 Å². The average molecular weight is 408 g/mol. The van der Waals surface area contributed by atoms with E-state index in [4.69, 9.17) is 4.74 Å². The Balaban J connectivity index is 2.37. The standard InChI is InChI=1S/C18H20N2O9/c21-9-15(23)17(11-1-5-13(6-2-11)19(25)26)29-18(16(24)10-22)12-3-7-14(8-4-12)20(27)28/h1-8,15-18,21-24H,9-10H2. The Kier molecular flexibility index (Phi) is 7.70. The van der Waals surface area contributed by atoms with Gasteiger partial charge in [0.1, 0.15) is 24.4 Å². The number of ether oxygens (including phenoxy) is 1. The molecule has 156 valence electrons. The zero-order valence-corrected chi connectivity index (χ0v) is 15.1. The molecule has 0 aliphatic heterocycles. The molecule has 0 fully saturated rings. The maximum Gasteiger partial charge on any atom is 0.269 e. The van der Waals surface area contributed by atoms with Gasteiger partial charge in [0.25, 0.3) is 11.4 Å². The van der Waals surface area contributed by atoms with Gasteiger partial charge in [0.15, 0.2) is 0 Å². The smallest absolute Gasteiger partial charge is 0.269 e. The lowest BCUT2D eigenvalue weighted by Crippen LogP contribution is -2.32. The van der Waals surface area contributed by atoms with E-state index in [1.807, 2.05) is 0 Å². The lowest BCUT2D eigenvalue weighted by molar-refractivity contribution is -0.385. The molecule has 0 spiro atoms. The van der Waals surface area contributed by atoms with Crippen molar-refractivity contribution in [3.05, 3.63) is 79.9 Å². The molecule has 0 saturated heterocycles. The van der Waals surface area contributed by atoms with Crippen molar-refractivity contribution in [2.75, 3.05) is 13.2 Å². The van der Waals surface area contributed by atoms with Gasteiger partial charge in [-0.15, -0.1) is 0 Å². The SMILES string of the molecule is O=[N+]([O-])c1ccc(C(OC(c2ccc([N+](=O)[O-])cc2)C(O)CO)C(O)CO)cc1. The molecule has 0 aliphatic rings. The van der Waals surface area contributed by atoms with Crippen molar-refractivity contribution in [2.24, 2.45) is 0 Å². The second-order valence-corrected chi connectivity index (χ2v) is 6.17. The topological polar surface area (TPSA) is 176 Å². The third kappa shape index (κ3) is 5.53. The highest BCUT2D eigenvalue weighted by atomic mass is 16.6. The van der Waals surface area contributed by atoms with Gasteiger partial charge in [0.2, 0.25) is 0 Å². The van der Waals surface area contributed by atoms with Gasteiger partial charge in [-0.3, -0.25) is 20.2 Å². The predicted octanol–water partition coefficient (Wildman–Crippen LogP) is 1.01. The molecule has 0 saturated carbocycles. The van der Waals surface area contributed by atoms with Crippen molar-refractivity contribution in [1.82, 2.24) is 0 Å². The zero-order valence-electron chi connectivity index (χ0n) is 15.1. The van der Waals surface area contributed by atoms with Crippen LogP contribution >= 0.6 is 0 Å². The van der Waals surface area contributed by atoms with Gasteiger partial charge < -0.3 is 25.2 Å². The van der Waals surface area contributed by atoms with E-state index in [-0.39, 0.29) is 22.5 Å². The maximum absolute atomic E-state index is 10.8. The molecule has 0 aromatic heterocycles. The Bertz CT molecular complexity index is 757. The van der Waals surface area contributed by atoms with Gasteiger partial charge in [-0.05, 0) is 35.4 Å². The highest BCUT2D eigenvalue weighted by molar-refractivity contribution is 5.35. The third-order valence-corrected chi connectivity index (χ3v) is 4.23. The number of aliphatic hydroxyl groups excluding tert-OH is 4. The van der Waals surface area contributed by atoms with Crippen LogP contribution in [0.3, 0.4) is 0 Å². The molecule has 4 atom stereocenters. The zero-order chi connectivity index (χ0) is 21.6. The summed E-state index contributed by atoms with van der Waals surface area (Å²) in [5.41, 5.74) is 0.199. The van der Waals surface area contributed by atoms with Crippen LogP contribution in [0, 0.1) is 20.2 Å². The number of hydrogen-bond donors (Lipinski definition) is 4. The summed E-state index contributed by atoms with van der Waals surface area (Å²) in [4.78, 5) is 20.4. The minimum absolute atomic E-state index is 0.187. The summed E-state index contributed by atoms with van der Waals surface area (Å²) >= 11 is 0. The minimum atomic E-state index is -1.44. The first-order chi connectivity index (χ1) is 13.8. The Morgan fingerprint density at radius 2 is 1.03 bits per heavy atom. The first-order valence-corrected chi connectivity index (χ1v) is 8.50. The number of nitro benzene ring substituents is 2. The van der Waals surface area contributed by atoms with Crippen molar-refractivity contribution in [3.63, 3.8) is 0 Å². The molecule has 2 aromatic carbocycles. The normalized spacial score (nSPS) is 15.3. The fraction of sp³-hybridized carbons (Fsp3) is 0.333. The van der Waals surface area contributed by atoms with Crippen LogP contribution < -0.4 is 0 Å². The van der Waals surface area contributed by atoms with Crippen molar-refractivity contribution < 1.29 is 35.0 Å². The van der Waals surface area contributed by atoms with Crippen LogP contribution in [0.5, 0.6) is 0 Å². The second-order valence-electron chi connectivity index (χ2n) is 6.17. The summed E-state index contributed by atoms with van der Waals surface area (Å²) in [7, 11) is 0. The molecule has 4 unspecified atom stereocenters. The fourth-order valence-corrected chi connectivity index (χ4v) is 2.70. The monoisotopic (exact) mass is 408 g/mol. The van der Waals surface area contributed by atoms with Gasteiger partial charge in [0, 0.05) is 24.3 Å². The molecule has 29 heavy (non-hydrogen) atoms. The number of hydrogen-bond acceptors (Lipinski definition) is 9. The number of non-ortho nitro benzene ring substituents is 2. The van der Waals surface area contributed by atoms with E-state index in [9.17, 15) is 40.7 Å². The quantitative estimate of drug-likeness (QED) is 0.330. The van der Waals surface area contributed by atoms with Crippen molar-refractivity contribution in [3.8, 4) is 0 Å². The van der Waals surface area contributed by atoms with Crippen molar-refractivity contribution in [1.29, 1.82) is 0 Å². The maximum atomic E-state index is 10.8. The third-order valence-electron chi connectivity index (χ3n) is 4.23. The molecule has 0 aliphatic carbocycles. The number of nitro groups is 2. The van der Waals surface area contributed by atoms with Crippen LogP contribution in [-0.4, -0.2) is 55.7 Å². The van der Waals surface area contributed by atoms with Gasteiger partial charge in [-0.2, -0.15) is 0 Å². The van der Waals surface area contributed by atoms with Crippen LogP contribution in [0.25, 0.3) is 0 Å². The Hall–Kier alpha value is -2.96. The summed E-state index contributed by atoms with van der Waals surface area (Å²) in [5, 5.41) is 60.7. The van der Waals surface area contributed by atoms with Gasteiger partial charge in [0.05, 0.1) is 23.1 Å². The molecule has 4 N–H and O–H groups in total. The lowest BCUT2D eigenvalue weighted by atomic mass is 10.0. The Morgan fingerprint density at radius 3 is 1.28 bits per heavy atom. The number of nitrogens with zero attached hydrogens (tertiary/aromatic N) is 2. The molecule has 0 bridgehead atoms. The van der Waals surface area contributed by atoms with Crippen molar-refractivity contribution >= 4 is 11.4 Å². The molecular formula is C18H20N2O9. The molecular weight excluding hydrogens is 388 g/mol. The molecule has 0 amide bonds. The van der Waals surface area contributed by atoms with Crippen LogP contribution in [-0.2, 0) is 4.74 Å². The van der Waals surface area contributed by atoms with Crippen LogP contribution in [0.1, 0.15) is 23.3 Å². The van der Waals surface area contributed by atoms with Gasteiger partial charge in [-0.25, -0.2) is 0 Å². The van der Waals surface area contributed by atoms with Crippen molar-refractivity contribution in [2.45, 2.75) is 24.4 Å². The second kappa shape index (κ2) is 10.0. The highest BCUT2D eigenvalue weighted by Gasteiger charge is 2.30. The summed E-state index contributed by atoms with van der Waals surface area (Å²) in [6.45, 7) is -1.41. The molecule has 0 heterocycles. The van der Waals surface area contributed by atoms with E-state index in [1.54, 1.807) is 0 Å². The summed E-state index contributed by atoms with van der Waals surface area (Å²) in [6.07, 6.45) is -5.30. The number of rotatable bonds is 10. The molecule has 0 radical (unpaired) electrons. The van der Waals surface area contributed by atoms with Gasteiger partial charge in [-0.1, -0.05) is 0 Å². The number of aliphatic hydroxyl groups is 4. The fourth-order valence-electron chi connectivity index (χ4n) is 2.70. The summed E-state index contributed by atoms with van der Waals surface area (Å²) in [6, 6.07) is 10.1. The first kappa shape index (κ1) is 22.3. The molecule has 2 rings (SSSR count). The van der Waals surface area contributed by atoms with E-state index in [1.165, 1.54) is 48.5 Å². The summed E-state index contributed by atoms with van der Waals surface area (Å²) < 4.78 is 5.77. The largest absolute Gasteiger partial charge is 0.394 e. The molecule has 11 nitrogen and oxygen atoms in total. The minimum Gasteiger partial charge on any atom is -0.394 e. The van der Waals surface area contributed by atoms with E-state index in [2.05, 4.69) is 0 Å². The highest BCUT2D eigenvalue weighted by Crippen LogP contribution is 2.33. The Labute approximate surface area is 164 Å². The van der Waals surface area contributed by atoms with Gasteiger partial charge >= 0.3 is 0 Å². The van der Waals surface area contributed by atoms with Crippen LogP contribution in [0.4, 0.5) is 11.4 Å². The first-order valence-electron chi connectivity index (χ1n) is 8.50. The van der Waals surface area contributed by atoms with E-state index < -0.39 is 47.5 Å².